The first-order chi connectivity index (χ1) is 22.5. The van der Waals surface area contributed by atoms with E-state index in [1.54, 1.807) is 64.0 Å². The molecule has 3 aliphatic heterocycles. The van der Waals surface area contributed by atoms with Gasteiger partial charge in [-0.05, 0) is 65.1 Å². The Balaban J connectivity index is 1.46. The van der Waals surface area contributed by atoms with Crippen molar-refractivity contribution in [2.45, 2.75) is 96.7 Å². The first-order valence-corrected chi connectivity index (χ1v) is 16.4. The van der Waals surface area contributed by atoms with Crippen molar-refractivity contribution in [3.8, 4) is 23.2 Å². The zero-order valence-electron chi connectivity index (χ0n) is 28.8. The summed E-state index contributed by atoms with van der Waals surface area (Å²) in [4.78, 5) is 60.8. The number of esters is 2. The molecule has 9 atom stereocenters. The minimum absolute atomic E-state index is 0.00322. The van der Waals surface area contributed by atoms with Gasteiger partial charge < -0.3 is 18.7 Å². The van der Waals surface area contributed by atoms with Gasteiger partial charge in [0, 0.05) is 42.0 Å². The molecule has 258 valence electrons. The van der Waals surface area contributed by atoms with E-state index in [2.05, 4.69) is 22.0 Å². The third-order valence-electron chi connectivity index (χ3n) is 10.4. The second-order valence-corrected chi connectivity index (χ2v) is 14.4. The van der Waals surface area contributed by atoms with Crippen molar-refractivity contribution in [2.75, 3.05) is 20.2 Å². The number of rotatable bonds is 4. The minimum Gasteiger partial charge on any atom is -0.455 e. The fourth-order valence-corrected chi connectivity index (χ4v) is 8.37. The fraction of sp³-hybridized carbons (Fsp3) is 0.611. The van der Waals surface area contributed by atoms with Crippen molar-refractivity contribution in [1.29, 1.82) is 0 Å². The van der Waals surface area contributed by atoms with Crippen LogP contribution in [0, 0.1) is 35.0 Å². The molecule has 0 aliphatic carbocycles. The van der Waals surface area contributed by atoms with Crippen molar-refractivity contribution in [1.82, 2.24) is 15.0 Å². The number of halogens is 1. The highest BCUT2D eigenvalue weighted by Gasteiger charge is 2.70. The normalized spacial score (nSPS) is 37.6. The summed E-state index contributed by atoms with van der Waals surface area (Å²) in [6, 6.07) is 6.32. The Bertz CT molecular complexity index is 1650. The molecule has 0 amide bonds. The number of carbonyl (C=O) groups is 4. The minimum atomic E-state index is -2.98. The number of carbonyl (C=O) groups excluding carboxylic acids is 4. The number of ketones is 2. The molecule has 5 heterocycles. The van der Waals surface area contributed by atoms with Crippen LogP contribution in [-0.2, 0) is 33.4 Å². The number of cyclic esters (lactones) is 1. The van der Waals surface area contributed by atoms with Crippen molar-refractivity contribution < 1.29 is 42.3 Å². The molecular formula is C36H44FN3O8. The van der Waals surface area contributed by atoms with Crippen LogP contribution in [0.1, 0.15) is 73.5 Å². The number of aromatic nitrogens is 2. The van der Waals surface area contributed by atoms with Crippen molar-refractivity contribution in [3.05, 3.63) is 36.2 Å². The van der Waals surface area contributed by atoms with E-state index in [4.69, 9.17) is 18.7 Å². The van der Waals surface area contributed by atoms with Crippen molar-refractivity contribution in [3.63, 3.8) is 0 Å². The van der Waals surface area contributed by atoms with Crippen molar-refractivity contribution in [2.24, 2.45) is 23.2 Å². The topological polar surface area (TPSA) is 138 Å². The van der Waals surface area contributed by atoms with Crippen LogP contribution >= 0.6 is 0 Å². The van der Waals surface area contributed by atoms with Gasteiger partial charge >= 0.3 is 11.9 Å². The summed E-state index contributed by atoms with van der Waals surface area (Å²) in [5.41, 5.74) is -5.49. The summed E-state index contributed by atoms with van der Waals surface area (Å²) in [6.07, 6.45) is 0.907. The fourth-order valence-electron chi connectivity index (χ4n) is 8.37. The van der Waals surface area contributed by atoms with Gasteiger partial charge in [0.2, 0.25) is 5.76 Å². The van der Waals surface area contributed by atoms with Crippen LogP contribution in [0.15, 0.2) is 35.0 Å². The first-order valence-electron chi connectivity index (χ1n) is 16.4. The molecule has 0 N–H and O–H groups in total. The molecule has 1 unspecified atom stereocenters. The predicted molar refractivity (Wildman–Crippen MR) is 171 cm³/mol. The van der Waals surface area contributed by atoms with E-state index in [0.29, 0.717) is 17.1 Å². The van der Waals surface area contributed by atoms with Gasteiger partial charge in [-0.25, -0.2) is 9.18 Å². The van der Waals surface area contributed by atoms with Gasteiger partial charge in [-0.2, -0.15) is 0 Å². The number of nitrogens with zero attached hydrogens (tertiary/aromatic N) is 3. The molecular weight excluding hydrogens is 621 g/mol. The maximum atomic E-state index is 16.2. The van der Waals surface area contributed by atoms with Gasteiger partial charge in [0.15, 0.2) is 11.4 Å². The quantitative estimate of drug-likeness (QED) is 0.262. The van der Waals surface area contributed by atoms with Crippen LogP contribution in [-0.4, -0.2) is 87.8 Å². The van der Waals surface area contributed by atoms with Gasteiger partial charge in [-0.1, -0.05) is 44.8 Å². The van der Waals surface area contributed by atoms with E-state index in [1.165, 1.54) is 6.92 Å². The maximum Gasteiger partial charge on any atom is 0.351 e. The highest BCUT2D eigenvalue weighted by Crippen LogP contribution is 2.55. The lowest BCUT2D eigenvalue weighted by atomic mass is 9.62. The lowest BCUT2D eigenvalue weighted by molar-refractivity contribution is -0.192. The van der Waals surface area contributed by atoms with E-state index < -0.39 is 69.9 Å². The Labute approximate surface area is 280 Å². The van der Waals surface area contributed by atoms with Crippen LogP contribution in [0.5, 0.6) is 0 Å². The third-order valence-corrected chi connectivity index (χ3v) is 10.4. The van der Waals surface area contributed by atoms with Gasteiger partial charge in [0.1, 0.15) is 30.2 Å². The second-order valence-electron chi connectivity index (χ2n) is 14.4. The Kier molecular flexibility index (Phi) is 9.45. The van der Waals surface area contributed by atoms with Gasteiger partial charge in [-0.3, -0.25) is 24.3 Å². The molecule has 2 aromatic rings. The van der Waals surface area contributed by atoms with Crippen LogP contribution in [0.4, 0.5) is 4.39 Å². The summed E-state index contributed by atoms with van der Waals surface area (Å²) in [5.74, 6) is 0.811. The summed E-state index contributed by atoms with van der Waals surface area (Å²) in [6.45, 7) is 11.3. The zero-order chi connectivity index (χ0) is 35.2. The molecule has 3 fully saturated rings. The molecule has 5 rings (SSSR count). The van der Waals surface area contributed by atoms with Crippen molar-refractivity contribution >= 4 is 23.5 Å². The molecule has 12 heteroatoms. The molecule has 48 heavy (non-hydrogen) atoms. The molecule has 0 aromatic carbocycles. The number of Topliss-reactive ketones (excluding diaryl/α,β-unsaturated/α-hetero) is 2. The molecule has 2 aromatic heterocycles. The summed E-state index contributed by atoms with van der Waals surface area (Å²) < 4.78 is 39.4. The Hall–Kier alpha value is -3.95. The highest BCUT2D eigenvalue weighted by molar-refractivity contribution is 6.07. The van der Waals surface area contributed by atoms with Gasteiger partial charge in [0.05, 0.1) is 11.3 Å². The standard InChI is InChI=1S/C36H44FN3O8/c1-9-26-36(7)28-27(31(43)47-36)40(8)20-34(28,5)29(41)21(2)18-33(4,19-22(3)30(42)35(6,37)32(44)46-26)45-16-12-13-23-17-25(39-48-23)24-14-10-11-15-38-24/h10-11,14-15,17,21-22,26-28H,9,16,18-20H2,1-8H3/t21-,22-,26+,27-,28?,33-,34-,35-,36-/m1/s1. The van der Waals surface area contributed by atoms with E-state index in [-0.39, 0.29) is 38.2 Å². The van der Waals surface area contributed by atoms with E-state index in [9.17, 15) is 19.2 Å². The maximum absolute atomic E-state index is 16.2. The third kappa shape index (κ3) is 6.18. The highest BCUT2D eigenvalue weighted by atomic mass is 19.1. The number of likely N-dealkylation sites (N-methyl/N-ethyl adjacent to an activating group) is 1. The molecule has 3 aliphatic rings. The SMILES string of the molecule is CC[C@@H]1OC(=O)[C@](C)(F)C(=O)[C@H](C)C[C@](C)(OCC#Cc2cc(-c3ccccn3)no2)C[C@@H](C)C(=O)[C@]2(C)CN(C)[C@H]3C(=O)O[C@@]1(C)C32. The summed E-state index contributed by atoms with van der Waals surface area (Å²) in [7, 11) is 1.76. The smallest absolute Gasteiger partial charge is 0.351 e. The first kappa shape index (κ1) is 35.4. The average molecular weight is 666 g/mol. The van der Waals surface area contributed by atoms with Crippen LogP contribution in [0.3, 0.4) is 0 Å². The molecule has 3 saturated heterocycles. The zero-order valence-corrected chi connectivity index (χ0v) is 28.8. The Morgan fingerprint density at radius 2 is 1.73 bits per heavy atom. The van der Waals surface area contributed by atoms with Gasteiger partial charge in [-0.15, -0.1) is 0 Å². The number of alkyl halides is 1. The molecule has 11 nitrogen and oxygen atoms in total. The number of likely N-dealkylation sites (tertiary alicyclic amines) is 1. The predicted octanol–water partition coefficient (Wildman–Crippen LogP) is 4.37. The second kappa shape index (κ2) is 12.8. The average Bonchev–Trinajstić information content (AvgIpc) is 3.71. The number of hydrogen-bond donors (Lipinski definition) is 0. The molecule has 0 spiro atoms. The molecule has 0 bridgehead atoms. The molecule has 0 radical (unpaired) electrons. The van der Waals surface area contributed by atoms with Crippen LogP contribution in [0.25, 0.3) is 11.4 Å². The van der Waals surface area contributed by atoms with Gasteiger partial charge in [0.25, 0.3) is 5.67 Å². The van der Waals surface area contributed by atoms with Crippen LogP contribution < -0.4 is 0 Å². The monoisotopic (exact) mass is 665 g/mol. The number of pyridine rings is 1. The Morgan fingerprint density at radius 3 is 2.38 bits per heavy atom. The molecule has 0 saturated carbocycles. The van der Waals surface area contributed by atoms with E-state index >= 15 is 4.39 Å². The largest absolute Gasteiger partial charge is 0.455 e. The summed E-state index contributed by atoms with van der Waals surface area (Å²) >= 11 is 0. The lowest BCUT2D eigenvalue weighted by Crippen LogP contribution is -2.57. The van der Waals surface area contributed by atoms with E-state index in [1.807, 2.05) is 13.0 Å². The van der Waals surface area contributed by atoms with Crippen LogP contribution in [0.2, 0.25) is 0 Å². The van der Waals surface area contributed by atoms with E-state index in [0.717, 1.165) is 6.92 Å². The Morgan fingerprint density at radius 1 is 1.04 bits per heavy atom. The lowest BCUT2D eigenvalue weighted by Gasteiger charge is -2.44. The summed E-state index contributed by atoms with van der Waals surface area (Å²) in [5, 5.41) is 4.01. The number of hydrogen-bond acceptors (Lipinski definition) is 11. The number of ether oxygens (including phenoxy) is 3.